The van der Waals surface area contributed by atoms with Gasteiger partial charge in [-0.2, -0.15) is 0 Å². The smallest absolute Gasteiger partial charge is 0.0388 e. The maximum atomic E-state index is 5.73. The van der Waals surface area contributed by atoms with Crippen LogP contribution in [0.15, 0.2) is 30.0 Å². The van der Waals surface area contributed by atoms with Gasteiger partial charge in [-0.1, -0.05) is 18.2 Å². The molecule has 1 rings (SSSR count). The minimum absolute atomic E-state index is 0.565. The van der Waals surface area contributed by atoms with E-state index >= 15 is 0 Å². The Kier molecular flexibility index (Phi) is 3.34. The third kappa shape index (κ3) is 2.80. The summed E-state index contributed by atoms with van der Waals surface area (Å²) in [5.41, 5.74) is 19.3. The highest BCUT2D eigenvalue weighted by Gasteiger charge is 1.94. The van der Waals surface area contributed by atoms with Crippen LogP contribution < -0.4 is 17.2 Å². The van der Waals surface area contributed by atoms with Crippen molar-refractivity contribution in [2.24, 2.45) is 11.5 Å². The van der Waals surface area contributed by atoms with E-state index in [0.29, 0.717) is 13.0 Å². The van der Waals surface area contributed by atoms with Crippen molar-refractivity contribution >= 4 is 11.8 Å². The highest BCUT2D eigenvalue weighted by atomic mass is 14.6. The van der Waals surface area contributed by atoms with Gasteiger partial charge in [0, 0.05) is 11.4 Å². The van der Waals surface area contributed by atoms with Crippen molar-refractivity contribution in [1.82, 2.24) is 0 Å². The first-order valence-electron chi connectivity index (χ1n) is 4.24. The molecule has 0 aromatic heterocycles. The third-order valence-corrected chi connectivity index (χ3v) is 1.77. The Bertz CT molecular complexity index is 305. The van der Waals surface area contributed by atoms with Crippen LogP contribution in [-0.2, 0) is 0 Å². The lowest BCUT2D eigenvalue weighted by Crippen LogP contribution is -2.06. The van der Waals surface area contributed by atoms with Crippen LogP contribution in [0, 0.1) is 0 Å². The zero-order valence-electron chi connectivity index (χ0n) is 7.53. The zero-order valence-corrected chi connectivity index (χ0v) is 7.53. The molecule has 0 aliphatic heterocycles. The van der Waals surface area contributed by atoms with E-state index in [1.807, 2.05) is 30.3 Å². The van der Waals surface area contributed by atoms with E-state index in [1.54, 1.807) is 0 Å². The Hall–Kier alpha value is -1.48. The molecule has 3 heteroatoms. The van der Waals surface area contributed by atoms with Crippen LogP contribution in [0.5, 0.6) is 0 Å². The molecule has 6 N–H and O–H groups in total. The normalized spacial score (nSPS) is 11.6. The lowest BCUT2D eigenvalue weighted by molar-refractivity contribution is 0.943. The van der Waals surface area contributed by atoms with Gasteiger partial charge in [0.1, 0.15) is 0 Å². The Balaban J connectivity index is 2.84. The topological polar surface area (TPSA) is 78.1 Å². The molecule has 0 unspecified atom stereocenters. The molecule has 0 aliphatic carbocycles. The summed E-state index contributed by atoms with van der Waals surface area (Å²) in [5, 5.41) is 0. The average molecular weight is 177 g/mol. The highest BCUT2D eigenvalue weighted by Crippen LogP contribution is 2.13. The van der Waals surface area contributed by atoms with Crippen LogP contribution in [0.25, 0.3) is 6.08 Å². The van der Waals surface area contributed by atoms with Gasteiger partial charge >= 0.3 is 0 Å². The summed E-state index contributed by atoms with van der Waals surface area (Å²) in [4.78, 5) is 0. The minimum atomic E-state index is 0.565. The fourth-order valence-electron chi connectivity index (χ4n) is 1.08. The van der Waals surface area contributed by atoms with Gasteiger partial charge < -0.3 is 17.2 Å². The summed E-state index contributed by atoms with van der Waals surface area (Å²) < 4.78 is 0. The van der Waals surface area contributed by atoms with Crippen LogP contribution in [0.3, 0.4) is 0 Å². The fraction of sp³-hybridized carbons (Fsp3) is 0.200. The number of rotatable bonds is 3. The molecule has 3 nitrogen and oxygen atoms in total. The van der Waals surface area contributed by atoms with Gasteiger partial charge in [0.15, 0.2) is 0 Å². The lowest BCUT2D eigenvalue weighted by Gasteiger charge is -2.01. The Morgan fingerprint density at radius 3 is 2.62 bits per heavy atom. The molecule has 0 atom stereocenters. The molecule has 0 spiro atoms. The molecular formula is C10H15N3. The molecule has 0 bridgehead atoms. The number of anilines is 1. The second-order valence-corrected chi connectivity index (χ2v) is 2.89. The SMILES string of the molecule is NCC/C(N)=C/c1ccccc1N. The molecule has 70 valence electrons. The number of hydrogen-bond donors (Lipinski definition) is 3. The van der Waals surface area contributed by atoms with E-state index in [1.165, 1.54) is 0 Å². The van der Waals surface area contributed by atoms with Crippen molar-refractivity contribution in [3.63, 3.8) is 0 Å². The molecule has 13 heavy (non-hydrogen) atoms. The predicted molar refractivity (Wildman–Crippen MR) is 56.7 cm³/mol. The molecule has 1 aromatic carbocycles. The first-order valence-corrected chi connectivity index (χ1v) is 4.24. The predicted octanol–water partition coefficient (Wildman–Crippen LogP) is 0.917. The Labute approximate surface area is 78.2 Å². The quantitative estimate of drug-likeness (QED) is 0.601. The number of nitrogen functional groups attached to an aromatic ring is 1. The van der Waals surface area contributed by atoms with Crippen molar-refractivity contribution in [2.75, 3.05) is 12.3 Å². The fourth-order valence-corrected chi connectivity index (χ4v) is 1.08. The van der Waals surface area contributed by atoms with E-state index in [-0.39, 0.29) is 0 Å². The van der Waals surface area contributed by atoms with Crippen LogP contribution in [0.4, 0.5) is 5.69 Å². The van der Waals surface area contributed by atoms with Crippen molar-refractivity contribution < 1.29 is 0 Å². The zero-order chi connectivity index (χ0) is 9.68. The molecule has 0 radical (unpaired) electrons. The molecule has 0 aliphatic rings. The lowest BCUT2D eigenvalue weighted by atomic mass is 10.1. The maximum absolute atomic E-state index is 5.73. The number of para-hydroxylation sites is 1. The van der Waals surface area contributed by atoms with Gasteiger partial charge in [-0.05, 0) is 30.7 Å². The molecule has 0 amide bonds. The Morgan fingerprint density at radius 2 is 2.00 bits per heavy atom. The summed E-state index contributed by atoms with van der Waals surface area (Å²) in [6, 6.07) is 7.60. The van der Waals surface area contributed by atoms with Crippen LogP contribution in [0.2, 0.25) is 0 Å². The monoisotopic (exact) mass is 177 g/mol. The van der Waals surface area contributed by atoms with E-state index in [2.05, 4.69) is 0 Å². The average Bonchev–Trinajstić information content (AvgIpc) is 2.09. The minimum Gasteiger partial charge on any atom is -0.402 e. The standard InChI is InChI=1S/C10H15N3/c11-6-5-9(12)7-8-3-1-2-4-10(8)13/h1-4,7H,5-6,11-13H2/b9-7-. The summed E-state index contributed by atoms with van der Waals surface area (Å²) in [7, 11) is 0. The van der Waals surface area contributed by atoms with Crippen molar-refractivity contribution in [1.29, 1.82) is 0 Å². The molecule has 0 saturated carbocycles. The van der Waals surface area contributed by atoms with Gasteiger partial charge in [-0.15, -0.1) is 0 Å². The maximum Gasteiger partial charge on any atom is 0.0388 e. The first-order chi connectivity index (χ1) is 6.24. The van der Waals surface area contributed by atoms with Crippen molar-refractivity contribution in [3.8, 4) is 0 Å². The molecule has 1 aromatic rings. The van der Waals surface area contributed by atoms with E-state index in [9.17, 15) is 0 Å². The third-order valence-electron chi connectivity index (χ3n) is 1.77. The largest absolute Gasteiger partial charge is 0.402 e. The van der Waals surface area contributed by atoms with Gasteiger partial charge in [0.05, 0.1) is 0 Å². The molecule has 0 heterocycles. The summed E-state index contributed by atoms with van der Waals surface area (Å²) in [6.45, 7) is 0.565. The van der Waals surface area contributed by atoms with E-state index in [4.69, 9.17) is 17.2 Å². The first kappa shape index (κ1) is 9.61. The second kappa shape index (κ2) is 4.52. The second-order valence-electron chi connectivity index (χ2n) is 2.89. The number of nitrogens with two attached hydrogens (primary N) is 3. The summed E-state index contributed by atoms with van der Waals surface area (Å²) in [5.74, 6) is 0. The molecule has 0 saturated heterocycles. The van der Waals surface area contributed by atoms with Crippen LogP contribution in [-0.4, -0.2) is 6.54 Å². The molecule has 0 fully saturated rings. The van der Waals surface area contributed by atoms with Gasteiger partial charge in [0.2, 0.25) is 0 Å². The summed E-state index contributed by atoms with van der Waals surface area (Å²) in [6.07, 6.45) is 2.57. The van der Waals surface area contributed by atoms with Crippen molar-refractivity contribution in [3.05, 3.63) is 35.5 Å². The van der Waals surface area contributed by atoms with E-state index in [0.717, 1.165) is 16.9 Å². The van der Waals surface area contributed by atoms with Crippen LogP contribution in [0.1, 0.15) is 12.0 Å². The number of hydrogen-bond acceptors (Lipinski definition) is 3. The van der Waals surface area contributed by atoms with E-state index < -0.39 is 0 Å². The van der Waals surface area contributed by atoms with Crippen molar-refractivity contribution in [2.45, 2.75) is 6.42 Å². The Morgan fingerprint density at radius 1 is 1.31 bits per heavy atom. The van der Waals surface area contributed by atoms with Gasteiger partial charge in [-0.3, -0.25) is 0 Å². The van der Waals surface area contributed by atoms with Crippen LogP contribution >= 0.6 is 0 Å². The summed E-state index contributed by atoms with van der Waals surface area (Å²) >= 11 is 0. The highest BCUT2D eigenvalue weighted by molar-refractivity contribution is 5.65. The molecular weight excluding hydrogens is 162 g/mol. The van der Waals surface area contributed by atoms with Gasteiger partial charge in [0.25, 0.3) is 0 Å². The number of benzene rings is 1. The van der Waals surface area contributed by atoms with Gasteiger partial charge in [-0.25, -0.2) is 0 Å².